The molecule has 1 unspecified atom stereocenters. The van der Waals surface area contributed by atoms with Crippen LogP contribution in [0.15, 0.2) is 81.0 Å². The maximum atomic E-state index is 13.2. The van der Waals surface area contributed by atoms with E-state index < -0.39 is 12.0 Å². The second-order valence-corrected chi connectivity index (χ2v) is 8.76. The second-order valence-electron chi connectivity index (χ2n) is 7.93. The van der Waals surface area contributed by atoms with E-state index in [9.17, 15) is 9.59 Å². The van der Waals surface area contributed by atoms with Gasteiger partial charge in [0, 0.05) is 5.70 Å². The van der Waals surface area contributed by atoms with E-state index in [0.29, 0.717) is 39.4 Å². The largest absolute Gasteiger partial charge is 0.493 e. The molecular formula is C26H27N3O6S. The number of thioether (sulfide) groups is 1. The molecule has 0 saturated heterocycles. The standard InChI is InChI=1S/C26H27N3O6S/c1-5-10-35-25(31)23-16(2)28-26-29(24(23)17-8-9-20(32-3)21(12-17)33-4)18(15-36-26)13-22(30)27-14-19-7-6-11-34-19/h5-9,11-12,15,24H,1,10,13-14H2,2-4H3,(H,27,30). The van der Waals surface area contributed by atoms with Crippen LogP contribution in [-0.2, 0) is 20.9 Å². The number of nitrogens with one attached hydrogen (secondary N) is 1. The van der Waals surface area contributed by atoms with Crippen LogP contribution in [0.4, 0.5) is 0 Å². The van der Waals surface area contributed by atoms with Crippen LogP contribution in [0.5, 0.6) is 11.5 Å². The number of rotatable bonds is 10. The first-order valence-corrected chi connectivity index (χ1v) is 12.1. The van der Waals surface area contributed by atoms with Crippen molar-refractivity contribution in [3.05, 3.63) is 82.9 Å². The molecule has 1 aromatic heterocycles. The summed E-state index contributed by atoms with van der Waals surface area (Å²) in [5.74, 6) is 1.05. The number of ether oxygens (including phenoxy) is 3. The fraction of sp³-hybridized carbons (Fsp3) is 0.269. The SMILES string of the molecule is C=CCOC(=O)C1=C(C)N=C2SC=C(CC(=O)NCc3ccco3)N2C1c1ccc(OC)c(OC)c1. The molecule has 2 aromatic rings. The second kappa shape index (κ2) is 11.2. The van der Waals surface area contributed by atoms with Crippen molar-refractivity contribution in [2.75, 3.05) is 20.8 Å². The summed E-state index contributed by atoms with van der Waals surface area (Å²) in [6, 6.07) is 8.43. The molecule has 2 aliphatic rings. The molecular weight excluding hydrogens is 482 g/mol. The molecule has 0 saturated carbocycles. The third-order valence-corrected chi connectivity index (χ3v) is 6.55. The lowest BCUT2D eigenvalue weighted by molar-refractivity contribution is -0.138. The van der Waals surface area contributed by atoms with Crippen molar-refractivity contribution in [2.24, 2.45) is 4.99 Å². The number of amidine groups is 1. The lowest BCUT2D eigenvalue weighted by Crippen LogP contribution is -2.38. The molecule has 36 heavy (non-hydrogen) atoms. The van der Waals surface area contributed by atoms with Crippen molar-refractivity contribution in [2.45, 2.75) is 25.9 Å². The maximum Gasteiger partial charge on any atom is 0.338 e. The van der Waals surface area contributed by atoms with E-state index in [4.69, 9.17) is 18.6 Å². The molecule has 3 heterocycles. The number of fused-ring (bicyclic) bond motifs is 1. The van der Waals surface area contributed by atoms with E-state index in [1.807, 2.05) is 22.4 Å². The Bertz CT molecular complexity index is 1250. The Morgan fingerprint density at radius 3 is 2.75 bits per heavy atom. The number of hydrogen-bond acceptors (Lipinski definition) is 9. The van der Waals surface area contributed by atoms with E-state index in [2.05, 4.69) is 16.9 Å². The first kappa shape index (κ1) is 25.2. The number of benzene rings is 1. The third kappa shape index (κ3) is 5.18. The van der Waals surface area contributed by atoms with Crippen LogP contribution < -0.4 is 14.8 Å². The molecule has 10 heteroatoms. The van der Waals surface area contributed by atoms with E-state index in [0.717, 1.165) is 5.56 Å². The highest BCUT2D eigenvalue weighted by Gasteiger charge is 2.41. The van der Waals surface area contributed by atoms with Gasteiger partial charge in [-0.1, -0.05) is 30.5 Å². The van der Waals surface area contributed by atoms with Crippen LogP contribution in [0.25, 0.3) is 0 Å². The predicted octanol–water partition coefficient (Wildman–Crippen LogP) is 4.31. The first-order valence-electron chi connectivity index (χ1n) is 11.2. The van der Waals surface area contributed by atoms with Gasteiger partial charge in [0.05, 0.1) is 50.8 Å². The molecule has 0 bridgehead atoms. The summed E-state index contributed by atoms with van der Waals surface area (Å²) in [5, 5.41) is 5.41. The summed E-state index contributed by atoms with van der Waals surface area (Å²) < 4.78 is 21.6. The number of allylic oxidation sites excluding steroid dienone is 1. The molecule has 1 aromatic carbocycles. The Morgan fingerprint density at radius 1 is 1.25 bits per heavy atom. The van der Waals surface area contributed by atoms with Gasteiger partial charge in [-0.3, -0.25) is 4.79 Å². The molecule has 1 atom stereocenters. The van der Waals surface area contributed by atoms with Crippen molar-refractivity contribution in [1.82, 2.24) is 10.2 Å². The summed E-state index contributed by atoms with van der Waals surface area (Å²) in [4.78, 5) is 32.5. The van der Waals surface area contributed by atoms with Crippen molar-refractivity contribution in [3.63, 3.8) is 0 Å². The minimum Gasteiger partial charge on any atom is -0.493 e. The summed E-state index contributed by atoms with van der Waals surface area (Å²) in [6.07, 6.45) is 3.16. The Balaban J connectivity index is 1.68. The van der Waals surface area contributed by atoms with Crippen molar-refractivity contribution >= 4 is 28.8 Å². The van der Waals surface area contributed by atoms with Gasteiger partial charge in [-0.05, 0) is 42.2 Å². The Kier molecular flexibility index (Phi) is 7.84. The van der Waals surface area contributed by atoms with Gasteiger partial charge in [-0.15, -0.1) is 0 Å². The number of carbonyl (C=O) groups excluding carboxylic acids is 2. The van der Waals surface area contributed by atoms with E-state index in [1.165, 1.54) is 17.8 Å². The summed E-state index contributed by atoms with van der Waals surface area (Å²) in [6.45, 7) is 5.75. The molecule has 0 radical (unpaired) electrons. The Labute approximate surface area is 213 Å². The molecule has 188 valence electrons. The quantitative estimate of drug-likeness (QED) is 0.373. The molecule has 1 amide bonds. The van der Waals surface area contributed by atoms with Crippen LogP contribution in [0, 0.1) is 0 Å². The molecule has 0 fully saturated rings. The van der Waals surface area contributed by atoms with Crippen LogP contribution in [-0.4, -0.2) is 42.8 Å². The predicted molar refractivity (Wildman–Crippen MR) is 136 cm³/mol. The van der Waals surface area contributed by atoms with Crippen LogP contribution >= 0.6 is 11.8 Å². The minimum absolute atomic E-state index is 0.0669. The molecule has 4 rings (SSSR count). The molecule has 1 N–H and O–H groups in total. The average molecular weight is 510 g/mol. The van der Waals surface area contributed by atoms with E-state index in [1.54, 1.807) is 45.6 Å². The van der Waals surface area contributed by atoms with Gasteiger partial charge in [0.25, 0.3) is 0 Å². The van der Waals surface area contributed by atoms with Gasteiger partial charge in [0.1, 0.15) is 12.4 Å². The van der Waals surface area contributed by atoms with Crippen molar-refractivity contribution in [1.29, 1.82) is 0 Å². The maximum absolute atomic E-state index is 13.2. The minimum atomic E-state index is -0.589. The van der Waals surface area contributed by atoms with Crippen LogP contribution in [0.3, 0.4) is 0 Å². The van der Waals surface area contributed by atoms with Crippen molar-refractivity contribution in [3.8, 4) is 11.5 Å². The normalized spacial score (nSPS) is 16.6. The van der Waals surface area contributed by atoms with E-state index in [-0.39, 0.29) is 25.5 Å². The van der Waals surface area contributed by atoms with Gasteiger partial charge >= 0.3 is 5.97 Å². The highest BCUT2D eigenvalue weighted by Crippen LogP contribution is 2.46. The number of carbonyl (C=O) groups is 2. The lowest BCUT2D eigenvalue weighted by atomic mass is 9.93. The molecule has 0 spiro atoms. The smallest absolute Gasteiger partial charge is 0.338 e. The summed E-state index contributed by atoms with van der Waals surface area (Å²) in [5.41, 5.74) is 2.38. The van der Waals surface area contributed by atoms with Crippen molar-refractivity contribution < 1.29 is 28.2 Å². The summed E-state index contributed by atoms with van der Waals surface area (Å²) >= 11 is 1.40. The van der Waals surface area contributed by atoms with Gasteiger partial charge < -0.3 is 28.8 Å². The van der Waals surface area contributed by atoms with Gasteiger partial charge in [-0.25, -0.2) is 9.79 Å². The number of hydrogen-bond donors (Lipinski definition) is 1. The number of nitrogens with zero attached hydrogens (tertiary/aromatic N) is 2. The number of esters is 1. The topological polar surface area (TPSA) is 103 Å². The lowest BCUT2D eigenvalue weighted by Gasteiger charge is -2.36. The van der Waals surface area contributed by atoms with Crippen LogP contribution in [0.2, 0.25) is 0 Å². The number of aliphatic imine (C=N–C) groups is 1. The third-order valence-electron chi connectivity index (χ3n) is 5.66. The van der Waals surface area contributed by atoms with E-state index >= 15 is 0 Å². The van der Waals surface area contributed by atoms with Gasteiger partial charge in [0.15, 0.2) is 16.7 Å². The van der Waals surface area contributed by atoms with Gasteiger partial charge in [0.2, 0.25) is 5.91 Å². The number of methoxy groups -OCH3 is 2. The fourth-order valence-corrected chi connectivity index (χ4v) is 4.97. The number of amides is 1. The van der Waals surface area contributed by atoms with Gasteiger partial charge in [-0.2, -0.15) is 0 Å². The number of furan rings is 1. The summed E-state index contributed by atoms with van der Waals surface area (Å²) in [7, 11) is 3.11. The monoisotopic (exact) mass is 509 g/mol. The fourth-order valence-electron chi connectivity index (χ4n) is 4.01. The molecule has 2 aliphatic heterocycles. The highest BCUT2D eigenvalue weighted by molar-refractivity contribution is 8.16. The molecule has 9 nitrogen and oxygen atoms in total. The first-order chi connectivity index (χ1) is 17.5. The molecule has 0 aliphatic carbocycles. The van der Waals surface area contributed by atoms with Crippen LogP contribution in [0.1, 0.15) is 30.7 Å². The average Bonchev–Trinajstić information content (AvgIpc) is 3.55. The zero-order valence-electron chi connectivity index (χ0n) is 20.3. The zero-order valence-corrected chi connectivity index (χ0v) is 21.1. The Morgan fingerprint density at radius 2 is 2.06 bits per heavy atom. The Hall–Kier alpha value is -3.92. The zero-order chi connectivity index (χ0) is 25.7. The highest BCUT2D eigenvalue weighted by atomic mass is 32.2.